The van der Waals surface area contributed by atoms with E-state index < -0.39 is 11.0 Å². The molecule has 5 nitrogen and oxygen atoms in total. The number of nitrogens with zero attached hydrogens (tertiary/aromatic N) is 2. The van der Waals surface area contributed by atoms with E-state index in [1.807, 2.05) is 47.7 Å². The number of fused-ring (bicyclic) bond motifs is 1. The Morgan fingerprint density at radius 3 is 2.44 bits per heavy atom. The van der Waals surface area contributed by atoms with Gasteiger partial charge in [-0.1, -0.05) is 6.07 Å². The summed E-state index contributed by atoms with van der Waals surface area (Å²) in [5.74, 6) is 1.75. The average Bonchev–Trinajstić information content (AvgIpc) is 2.48. The lowest BCUT2D eigenvalue weighted by molar-refractivity contribution is -0.0373. The molecule has 0 spiro atoms. The van der Waals surface area contributed by atoms with Crippen LogP contribution < -0.4 is 10.3 Å². The van der Waals surface area contributed by atoms with Gasteiger partial charge >= 0.3 is 0 Å². The molecule has 0 saturated heterocycles. The number of rotatable bonds is 4. The van der Waals surface area contributed by atoms with Crippen LogP contribution in [0.25, 0.3) is 10.9 Å². The van der Waals surface area contributed by atoms with Crippen molar-refractivity contribution in [1.82, 2.24) is 14.3 Å². The lowest BCUT2D eigenvalue weighted by Crippen LogP contribution is -2.57. The Labute approximate surface area is 163 Å². The van der Waals surface area contributed by atoms with Gasteiger partial charge in [0.15, 0.2) is 0 Å². The predicted octanol–water partition coefficient (Wildman–Crippen LogP) is 3.41. The predicted molar refractivity (Wildman–Crippen MR) is 110 cm³/mol. The summed E-state index contributed by atoms with van der Waals surface area (Å²) in [4.78, 5) is 18.1. The third kappa shape index (κ3) is 2.88. The SMILES string of the molecule is Cc1cc([C@@H](C)NS(=O)C(C)(C)C)c2nc(C34CC(C3)C4)n(C)c(=O)c2c1. The molecule has 1 aromatic carbocycles. The standard InChI is InChI=1S/C21H29N3O2S/c1-12-7-15(13(2)23-27(26)20(3,4)5)17-16(8-12)18(25)24(6)19(22-17)21-9-14(10-21)11-21/h7-8,13-14,23H,9-11H2,1-6H3/t13-,14?,21?,27?/m1/s1. The molecule has 1 heterocycles. The van der Waals surface area contributed by atoms with Crippen molar-refractivity contribution in [2.45, 2.75) is 70.1 Å². The van der Waals surface area contributed by atoms with Gasteiger partial charge in [-0.15, -0.1) is 0 Å². The number of hydrogen-bond donors (Lipinski definition) is 1. The van der Waals surface area contributed by atoms with Crippen molar-refractivity contribution >= 4 is 21.9 Å². The topological polar surface area (TPSA) is 64.0 Å². The molecule has 3 aliphatic rings. The van der Waals surface area contributed by atoms with E-state index in [-0.39, 0.29) is 21.8 Å². The maximum Gasteiger partial charge on any atom is 0.261 e. The fourth-order valence-electron chi connectivity index (χ4n) is 4.51. The molecule has 3 aliphatic carbocycles. The van der Waals surface area contributed by atoms with Crippen LogP contribution in [0.15, 0.2) is 16.9 Å². The molecule has 1 aromatic heterocycles. The van der Waals surface area contributed by atoms with Gasteiger partial charge in [-0.3, -0.25) is 9.36 Å². The second-order valence-electron chi connectivity index (χ2n) is 9.53. The van der Waals surface area contributed by atoms with E-state index in [0.717, 1.165) is 47.6 Å². The second kappa shape index (κ2) is 5.98. The molecule has 2 aromatic rings. The maximum absolute atomic E-state index is 13.1. The van der Waals surface area contributed by atoms with E-state index in [2.05, 4.69) is 10.8 Å². The Hall–Kier alpha value is -1.53. The van der Waals surface area contributed by atoms with Gasteiger partial charge in [-0.2, -0.15) is 0 Å². The highest BCUT2D eigenvalue weighted by Gasteiger charge is 2.59. The molecule has 0 aliphatic heterocycles. The molecule has 2 atom stereocenters. The van der Waals surface area contributed by atoms with Crippen molar-refractivity contribution in [2.75, 3.05) is 0 Å². The lowest BCUT2D eigenvalue weighted by atomic mass is 9.44. The number of benzene rings is 1. The summed E-state index contributed by atoms with van der Waals surface area (Å²) in [5, 5.41) is 0.651. The third-order valence-electron chi connectivity index (χ3n) is 6.17. The molecule has 0 amide bonds. The first-order chi connectivity index (χ1) is 12.5. The van der Waals surface area contributed by atoms with Gasteiger partial charge in [0.1, 0.15) is 5.82 Å². The molecule has 5 rings (SSSR count). The van der Waals surface area contributed by atoms with Crippen molar-refractivity contribution in [1.29, 1.82) is 0 Å². The zero-order chi connectivity index (χ0) is 19.7. The summed E-state index contributed by atoms with van der Waals surface area (Å²) in [6.45, 7) is 9.84. The fourth-order valence-corrected chi connectivity index (χ4v) is 5.31. The quantitative estimate of drug-likeness (QED) is 0.874. The fraction of sp³-hybridized carbons (Fsp3) is 0.619. The van der Waals surface area contributed by atoms with Gasteiger partial charge in [0.25, 0.3) is 5.56 Å². The van der Waals surface area contributed by atoms with Gasteiger partial charge < -0.3 is 0 Å². The largest absolute Gasteiger partial charge is 0.299 e. The van der Waals surface area contributed by atoms with Crippen LogP contribution in [0.4, 0.5) is 0 Å². The van der Waals surface area contributed by atoms with Crippen LogP contribution >= 0.6 is 0 Å². The van der Waals surface area contributed by atoms with Crippen LogP contribution in [0.1, 0.15) is 70.0 Å². The highest BCUT2D eigenvalue weighted by molar-refractivity contribution is 7.84. The van der Waals surface area contributed by atoms with Crippen molar-refractivity contribution in [2.24, 2.45) is 13.0 Å². The van der Waals surface area contributed by atoms with Crippen molar-refractivity contribution < 1.29 is 4.21 Å². The van der Waals surface area contributed by atoms with Crippen LogP contribution in [0.5, 0.6) is 0 Å². The minimum atomic E-state index is -1.19. The zero-order valence-electron chi connectivity index (χ0n) is 17.0. The molecule has 1 unspecified atom stereocenters. The van der Waals surface area contributed by atoms with Crippen LogP contribution in [-0.2, 0) is 23.4 Å². The molecular weight excluding hydrogens is 358 g/mol. The van der Waals surface area contributed by atoms with E-state index >= 15 is 0 Å². The summed E-state index contributed by atoms with van der Waals surface area (Å²) in [6, 6.07) is 3.83. The van der Waals surface area contributed by atoms with Crippen LogP contribution in [0.3, 0.4) is 0 Å². The molecule has 146 valence electrons. The Bertz CT molecular complexity index is 1000. The first-order valence-corrected chi connectivity index (χ1v) is 10.9. The third-order valence-corrected chi connectivity index (χ3v) is 7.85. The highest BCUT2D eigenvalue weighted by atomic mass is 32.2. The van der Waals surface area contributed by atoms with E-state index in [4.69, 9.17) is 4.98 Å². The molecule has 27 heavy (non-hydrogen) atoms. The Morgan fingerprint density at radius 1 is 1.30 bits per heavy atom. The van der Waals surface area contributed by atoms with E-state index in [0.29, 0.717) is 5.39 Å². The first-order valence-electron chi connectivity index (χ1n) is 9.72. The number of aromatic nitrogens is 2. The van der Waals surface area contributed by atoms with Crippen molar-refractivity contribution in [3.8, 4) is 0 Å². The van der Waals surface area contributed by atoms with Crippen LogP contribution in [0, 0.1) is 12.8 Å². The van der Waals surface area contributed by atoms with E-state index in [1.54, 1.807) is 4.57 Å². The van der Waals surface area contributed by atoms with Crippen LogP contribution in [0.2, 0.25) is 0 Å². The summed E-state index contributed by atoms with van der Waals surface area (Å²) in [5.41, 5.74) is 2.86. The lowest BCUT2D eigenvalue weighted by Gasteiger charge is -2.61. The van der Waals surface area contributed by atoms with E-state index in [1.165, 1.54) is 0 Å². The smallest absolute Gasteiger partial charge is 0.261 e. The van der Waals surface area contributed by atoms with Crippen LogP contribution in [-0.4, -0.2) is 18.5 Å². The number of hydrogen-bond acceptors (Lipinski definition) is 3. The molecule has 2 bridgehead atoms. The number of aryl methyl sites for hydroxylation is 1. The van der Waals surface area contributed by atoms with Crippen molar-refractivity contribution in [3.63, 3.8) is 0 Å². The summed E-state index contributed by atoms with van der Waals surface area (Å²) in [7, 11) is 0.657. The Balaban J connectivity index is 1.85. The molecule has 6 heteroatoms. The molecule has 1 N–H and O–H groups in total. The molecule has 0 radical (unpaired) electrons. The summed E-state index contributed by atoms with van der Waals surface area (Å²) < 4.78 is 17.2. The van der Waals surface area contributed by atoms with Gasteiger partial charge in [0.2, 0.25) is 0 Å². The van der Waals surface area contributed by atoms with Gasteiger partial charge in [-0.25, -0.2) is 13.9 Å². The molecule has 3 saturated carbocycles. The zero-order valence-corrected chi connectivity index (χ0v) is 17.9. The second-order valence-corrected chi connectivity index (χ2v) is 11.5. The molecular formula is C21H29N3O2S. The Kier molecular flexibility index (Phi) is 4.17. The summed E-state index contributed by atoms with van der Waals surface area (Å²) in [6.07, 6.45) is 3.46. The van der Waals surface area contributed by atoms with Gasteiger partial charge in [-0.05, 0) is 77.0 Å². The van der Waals surface area contributed by atoms with Gasteiger partial charge in [0.05, 0.1) is 26.6 Å². The minimum Gasteiger partial charge on any atom is -0.299 e. The maximum atomic E-state index is 13.1. The Morgan fingerprint density at radius 2 is 1.93 bits per heavy atom. The number of nitrogens with one attached hydrogen (secondary N) is 1. The summed E-state index contributed by atoms with van der Waals surface area (Å²) >= 11 is 0. The van der Waals surface area contributed by atoms with Crippen molar-refractivity contribution in [3.05, 3.63) is 39.4 Å². The normalized spacial score (nSPS) is 26.4. The first kappa shape index (κ1) is 18.8. The van der Waals surface area contributed by atoms with E-state index in [9.17, 15) is 9.00 Å². The molecule has 3 fully saturated rings. The minimum absolute atomic E-state index is 0.0221. The average molecular weight is 388 g/mol. The highest BCUT2D eigenvalue weighted by Crippen LogP contribution is 2.64. The van der Waals surface area contributed by atoms with Gasteiger partial charge in [0, 0.05) is 18.5 Å². The monoisotopic (exact) mass is 387 g/mol.